The second kappa shape index (κ2) is 4.71. The van der Waals surface area contributed by atoms with E-state index >= 15 is 0 Å². The molecule has 1 aromatic rings. The van der Waals surface area contributed by atoms with Crippen LogP contribution in [0.4, 0.5) is 0 Å². The van der Waals surface area contributed by atoms with Gasteiger partial charge < -0.3 is 5.73 Å². The molecule has 2 atom stereocenters. The van der Waals surface area contributed by atoms with Crippen molar-refractivity contribution >= 4 is 11.3 Å². The van der Waals surface area contributed by atoms with Crippen LogP contribution in [0.1, 0.15) is 44.2 Å². The van der Waals surface area contributed by atoms with Crippen LogP contribution in [0, 0.1) is 5.92 Å². The summed E-state index contributed by atoms with van der Waals surface area (Å²) in [4.78, 5) is 2.70. The quantitative estimate of drug-likeness (QED) is 0.841. The molecule has 2 aliphatic rings. The summed E-state index contributed by atoms with van der Waals surface area (Å²) in [7, 11) is 0. The smallest absolute Gasteiger partial charge is 0.0507 e. The molecule has 3 heteroatoms. The normalized spacial score (nSPS) is 23.9. The Morgan fingerprint density at radius 3 is 2.65 bits per heavy atom. The SMILES string of the molecule is CC(N)C(c1ccsc1)N(CC1CC1)C1CC1. The topological polar surface area (TPSA) is 29.3 Å². The first-order chi connectivity index (χ1) is 8.25. The van der Waals surface area contributed by atoms with Crippen LogP contribution < -0.4 is 5.73 Å². The average Bonchev–Trinajstić information content (AvgIpc) is 3.18. The van der Waals surface area contributed by atoms with Gasteiger partial charge in [0.05, 0.1) is 6.04 Å². The Morgan fingerprint density at radius 1 is 1.41 bits per heavy atom. The van der Waals surface area contributed by atoms with E-state index in [4.69, 9.17) is 5.73 Å². The summed E-state index contributed by atoms with van der Waals surface area (Å²) in [5.41, 5.74) is 7.68. The predicted molar refractivity (Wildman–Crippen MR) is 73.2 cm³/mol. The van der Waals surface area contributed by atoms with Crippen molar-refractivity contribution in [1.82, 2.24) is 4.90 Å². The van der Waals surface area contributed by atoms with Gasteiger partial charge in [0.2, 0.25) is 0 Å². The lowest BCUT2D eigenvalue weighted by molar-refractivity contribution is 0.159. The van der Waals surface area contributed by atoms with Crippen molar-refractivity contribution in [2.24, 2.45) is 11.7 Å². The molecule has 0 aliphatic heterocycles. The number of nitrogens with two attached hydrogens (primary N) is 1. The Bertz CT molecular complexity index is 352. The first-order valence-corrected chi connectivity index (χ1v) is 7.73. The zero-order valence-corrected chi connectivity index (χ0v) is 11.3. The summed E-state index contributed by atoms with van der Waals surface area (Å²) in [5.74, 6) is 0.954. The highest BCUT2D eigenvalue weighted by Crippen LogP contribution is 2.40. The van der Waals surface area contributed by atoms with Gasteiger partial charge in [0.1, 0.15) is 0 Å². The molecule has 2 N–H and O–H groups in total. The Morgan fingerprint density at radius 2 is 2.18 bits per heavy atom. The van der Waals surface area contributed by atoms with E-state index in [1.54, 1.807) is 11.3 Å². The molecule has 1 heterocycles. The fraction of sp³-hybridized carbons (Fsp3) is 0.714. The van der Waals surface area contributed by atoms with E-state index in [1.807, 2.05) is 0 Å². The van der Waals surface area contributed by atoms with Crippen LogP contribution in [0.15, 0.2) is 16.8 Å². The zero-order valence-electron chi connectivity index (χ0n) is 10.5. The molecule has 2 saturated carbocycles. The monoisotopic (exact) mass is 250 g/mol. The second-order valence-corrected chi connectivity index (χ2v) is 6.51. The van der Waals surface area contributed by atoms with Gasteiger partial charge in [-0.3, -0.25) is 4.90 Å². The summed E-state index contributed by atoms with van der Waals surface area (Å²) in [6, 6.07) is 3.73. The number of thiophene rings is 1. The van der Waals surface area contributed by atoms with E-state index < -0.39 is 0 Å². The first kappa shape index (κ1) is 11.7. The number of hydrogen-bond acceptors (Lipinski definition) is 3. The number of hydrogen-bond donors (Lipinski definition) is 1. The maximum Gasteiger partial charge on any atom is 0.0507 e. The molecule has 0 spiro atoms. The van der Waals surface area contributed by atoms with Gasteiger partial charge in [0, 0.05) is 18.6 Å². The molecule has 0 amide bonds. The van der Waals surface area contributed by atoms with Gasteiger partial charge in [-0.2, -0.15) is 11.3 Å². The number of nitrogens with zero attached hydrogens (tertiary/aromatic N) is 1. The van der Waals surface area contributed by atoms with E-state index in [9.17, 15) is 0 Å². The lowest BCUT2D eigenvalue weighted by atomic mass is 10.0. The third kappa shape index (κ3) is 2.72. The van der Waals surface area contributed by atoms with Crippen LogP contribution in [0.2, 0.25) is 0 Å². The van der Waals surface area contributed by atoms with Crippen molar-refractivity contribution in [3.05, 3.63) is 22.4 Å². The van der Waals surface area contributed by atoms with Crippen molar-refractivity contribution in [1.29, 1.82) is 0 Å². The molecule has 3 rings (SSSR count). The molecule has 2 aliphatic carbocycles. The molecule has 0 bridgehead atoms. The molecule has 0 aromatic carbocycles. The van der Waals surface area contributed by atoms with Crippen molar-refractivity contribution in [3.63, 3.8) is 0 Å². The third-order valence-corrected chi connectivity index (χ3v) is 4.62. The van der Waals surface area contributed by atoms with Crippen LogP contribution >= 0.6 is 11.3 Å². The summed E-state index contributed by atoms with van der Waals surface area (Å²) < 4.78 is 0. The van der Waals surface area contributed by atoms with Gasteiger partial charge in [-0.1, -0.05) is 0 Å². The minimum Gasteiger partial charge on any atom is -0.326 e. The molecule has 2 fully saturated rings. The van der Waals surface area contributed by atoms with Crippen LogP contribution in [0.5, 0.6) is 0 Å². The summed E-state index contributed by atoms with van der Waals surface area (Å²) in [6.07, 6.45) is 5.61. The molecule has 2 unspecified atom stereocenters. The van der Waals surface area contributed by atoms with Gasteiger partial charge in [0.15, 0.2) is 0 Å². The highest BCUT2D eigenvalue weighted by molar-refractivity contribution is 7.07. The Labute approximate surface area is 108 Å². The Balaban J connectivity index is 1.79. The lowest BCUT2D eigenvalue weighted by Crippen LogP contribution is -2.41. The fourth-order valence-corrected chi connectivity index (χ4v) is 3.42. The molecule has 2 nitrogen and oxygen atoms in total. The standard InChI is InChI=1S/C14H22N2S/c1-10(15)14(12-6-7-17-9-12)16(13-4-5-13)8-11-2-3-11/h6-7,9-11,13-14H,2-5,8,15H2,1H3. The minimum atomic E-state index is 0.226. The van der Waals surface area contributed by atoms with Crippen LogP contribution in [-0.2, 0) is 0 Å². The zero-order chi connectivity index (χ0) is 11.8. The molecular weight excluding hydrogens is 228 g/mol. The fourth-order valence-electron chi connectivity index (χ4n) is 2.73. The van der Waals surface area contributed by atoms with Crippen molar-refractivity contribution in [2.75, 3.05) is 6.54 Å². The molecule has 0 saturated heterocycles. The van der Waals surface area contributed by atoms with E-state index in [2.05, 4.69) is 28.7 Å². The van der Waals surface area contributed by atoms with E-state index in [-0.39, 0.29) is 6.04 Å². The largest absolute Gasteiger partial charge is 0.326 e. The van der Waals surface area contributed by atoms with E-state index in [0.29, 0.717) is 6.04 Å². The molecule has 1 aromatic heterocycles. The maximum absolute atomic E-state index is 6.25. The highest BCUT2D eigenvalue weighted by Gasteiger charge is 2.39. The number of rotatable bonds is 6. The van der Waals surface area contributed by atoms with Crippen LogP contribution in [0.25, 0.3) is 0 Å². The van der Waals surface area contributed by atoms with Gasteiger partial charge in [-0.05, 0) is 60.9 Å². The van der Waals surface area contributed by atoms with Crippen LogP contribution in [0.3, 0.4) is 0 Å². The second-order valence-electron chi connectivity index (χ2n) is 5.73. The Hall–Kier alpha value is -0.380. The third-order valence-electron chi connectivity index (χ3n) is 3.92. The maximum atomic E-state index is 6.25. The van der Waals surface area contributed by atoms with Crippen molar-refractivity contribution < 1.29 is 0 Å². The molecule has 17 heavy (non-hydrogen) atoms. The van der Waals surface area contributed by atoms with Crippen molar-refractivity contribution in [3.8, 4) is 0 Å². The molecule has 0 radical (unpaired) electrons. The first-order valence-electron chi connectivity index (χ1n) is 6.79. The Kier molecular flexibility index (Phi) is 3.24. The van der Waals surface area contributed by atoms with Gasteiger partial charge in [-0.15, -0.1) is 0 Å². The van der Waals surface area contributed by atoms with Crippen molar-refractivity contribution in [2.45, 2.75) is 50.7 Å². The highest BCUT2D eigenvalue weighted by atomic mass is 32.1. The molecule has 94 valence electrons. The van der Waals surface area contributed by atoms with Crippen LogP contribution in [-0.4, -0.2) is 23.5 Å². The van der Waals surface area contributed by atoms with Gasteiger partial charge in [0.25, 0.3) is 0 Å². The van der Waals surface area contributed by atoms with E-state index in [0.717, 1.165) is 12.0 Å². The molecular formula is C14H22N2S. The minimum absolute atomic E-state index is 0.226. The summed E-state index contributed by atoms with van der Waals surface area (Å²) >= 11 is 1.79. The average molecular weight is 250 g/mol. The summed E-state index contributed by atoms with van der Waals surface area (Å²) in [6.45, 7) is 3.43. The predicted octanol–water partition coefficient (Wildman–Crippen LogP) is 3.01. The van der Waals surface area contributed by atoms with E-state index in [1.165, 1.54) is 37.8 Å². The lowest BCUT2D eigenvalue weighted by Gasteiger charge is -2.34. The van der Waals surface area contributed by atoms with Gasteiger partial charge in [-0.25, -0.2) is 0 Å². The van der Waals surface area contributed by atoms with Gasteiger partial charge >= 0.3 is 0 Å². The summed E-state index contributed by atoms with van der Waals surface area (Å²) in [5, 5.41) is 4.45.